The highest BCUT2D eigenvalue weighted by Gasteiger charge is 2.20. The molecule has 1 atom stereocenters. The molecule has 0 radical (unpaired) electrons. The third-order valence-corrected chi connectivity index (χ3v) is 3.28. The van der Waals surface area contributed by atoms with Gasteiger partial charge < -0.3 is 10.2 Å². The van der Waals surface area contributed by atoms with Gasteiger partial charge in [-0.1, -0.05) is 22.9 Å². The summed E-state index contributed by atoms with van der Waals surface area (Å²) in [5, 5.41) is 13.6. The maximum atomic E-state index is 11.5. The third kappa shape index (κ3) is 3.92. The summed E-state index contributed by atoms with van der Waals surface area (Å²) < 4.78 is 0.757. The van der Waals surface area contributed by atoms with E-state index in [2.05, 4.69) is 21.2 Å². The lowest BCUT2D eigenvalue weighted by Crippen LogP contribution is -2.34. The average Bonchev–Trinajstić information content (AvgIpc) is 2.36. The Kier molecular flexibility index (Phi) is 5.29. The SMILES string of the molecule is CNC(=O)[C@@H](C)CN(C)c1cc(Br)ccc1[N+](=O)[O-]. The van der Waals surface area contributed by atoms with Gasteiger partial charge in [-0.05, 0) is 12.1 Å². The molecule has 0 aliphatic heterocycles. The molecule has 1 rings (SSSR count). The zero-order chi connectivity index (χ0) is 14.6. The van der Waals surface area contributed by atoms with Gasteiger partial charge in [-0.2, -0.15) is 0 Å². The largest absolute Gasteiger partial charge is 0.368 e. The number of nitrogens with zero attached hydrogens (tertiary/aromatic N) is 2. The van der Waals surface area contributed by atoms with Crippen molar-refractivity contribution in [1.82, 2.24) is 5.32 Å². The van der Waals surface area contributed by atoms with E-state index in [1.165, 1.54) is 6.07 Å². The average molecular weight is 330 g/mol. The number of nitrogens with one attached hydrogen (secondary N) is 1. The second-order valence-corrected chi connectivity index (χ2v) is 5.20. The van der Waals surface area contributed by atoms with Crippen LogP contribution in [0, 0.1) is 16.0 Å². The lowest BCUT2D eigenvalue weighted by atomic mass is 10.1. The molecule has 0 heterocycles. The molecule has 6 nitrogen and oxygen atoms in total. The Morgan fingerprint density at radius 3 is 2.74 bits per heavy atom. The van der Waals surface area contributed by atoms with Crippen molar-refractivity contribution < 1.29 is 9.72 Å². The van der Waals surface area contributed by atoms with Gasteiger partial charge >= 0.3 is 0 Å². The van der Waals surface area contributed by atoms with Crippen molar-refractivity contribution in [2.45, 2.75) is 6.92 Å². The number of amides is 1. The molecule has 0 bridgehead atoms. The number of carbonyl (C=O) groups is 1. The van der Waals surface area contributed by atoms with Gasteiger partial charge in [0.1, 0.15) is 5.69 Å². The summed E-state index contributed by atoms with van der Waals surface area (Å²) >= 11 is 3.29. The minimum absolute atomic E-state index is 0.0230. The van der Waals surface area contributed by atoms with Gasteiger partial charge in [0.15, 0.2) is 0 Å². The first-order chi connectivity index (χ1) is 8.86. The van der Waals surface area contributed by atoms with Crippen molar-refractivity contribution in [2.75, 3.05) is 25.5 Å². The first-order valence-electron chi connectivity index (χ1n) is 5.73. The Morgan fingerprint density at radius 1 is 1.58 bits per heavy atom. The van der Waals surface area contributed by atoms with Gasteiger partial charge in [-0.25, -0.2) is 0 Å². The monoisotopic (exact) mass is 329 g/mol. The van der Waals surface area contributed by atoms with E-state index in [4.69, 9.17) is 0 Å². The lowest BCUT2D eigenvalue weighted by molar-refractivity contribution is -0.384. The Hall–Kier alpha value is -1.63. The van der Waals surface area contributed by atoms with Gasteiger partial charge in [-0.3, -0.25) is 14.9 Å². The molecule has 1 N–H and O–H groups in total. The first kappa shape index (κ1) is 15.4. The molecule has 0 aliphatic carbocycles. The van der Waals surface area contributed by atoms with Gasteiger partial charge in [0, 0.05) is 31.2 Å². The summed E-state index contributed by atoms with van der Waals surface area (Å²) in [7, 11) is 3.30. The molecule has 0 aliphatic rings. The molecular formula is C12H16BrN3O3. The number of benzene rings is 1. The van der Waals surface area contributed by atoms with Crippen LogP contribution in [0.1, 0.15) is 6.92 Å². The van der Waals surface area contributed by atoms with Crippen molar-refractivity contribution in [3.05, 3.63) is 32.8 Å². The van der Waals surface area contributed by atoms with Crippen molar-refractivity contribution >= 4 is 33.2 Å². The molecule has 0 saturated heterocycles. The van der Waals surface area contributed by atoms with E-state index in [-0.39, 0.29) is 17.5 Å². The maximum absolute atomic E-state index is 11.5. The van der Waals surface area contributed by atoms with Crippen LogP contribution < -0.4 is 10.2 Å². The Balaban J connectivity index is 2.98. The van der Waals surface area contributed by atoms with Crippen molar-refractivity contribution in [2.24, 2.45) is 5.92 Å². The van der Waals surface area contributed by atoms with Crippen LogP contribution in [0.2, 0.25) is 0 Å². The molecule has 1 aromatic carbocycles. The Morgan fingerprint density at radius 2 is 2.21 bits per heavy atom. The van der Waals surface area contributed by atoms with Crippen LogP contribution in [-0.2, 0) is 4.79 Å². The van der Waals surface area contributed by atoms with Crippen LogP contribution in [-0.4, -0.2) is 31.5 Å². The fourth-order valence-electron chi connectivity index (χ4n) is 1.80. The van der Waals surface area contributed by atoms with Gasteiger partial charge in [0.05, 0.1) is 10.8 Å². The molecule has 0 fully saturated rings. The quantitative estimate of drug-likeness (QED) is 0.663. The van der Waals surface area contributed by atoms with Crippen LogP contribution in [0.15, 0.2) is 22.7 Å². The Labute approximate surface area is 120 Å². The van der Waals surface area contributed by atoms with Gasteiger partial charge in [0.2, 0.25) is 5.91 Å². The van der Waals surface area contributed by atoms with E-state index < -0.39 is 4.92 Å². The maximum Gasteiger partial charge on any atom is 0.292 e. The smallest absolute Gasteiger partial charge is 0.292 e. The summed E-state index contributed by atoms with van der Waals surface area (Å²) in [5.41, 5.74) is 0.505. The van der Waals surface area contributed by atoms with Crippen molar-refractivity contribution in [3.8, 4) is 0 Å². The third-order valence-electron chi connectivity index (χ3n) is 2.79. The number of anilines is 1. The van der Waals surface area contributed by atoms with Gasteiger partial charge in [0.25, 0.3) is 5.69 Å². The summed E-state index contributed by atoms with van der Waals surface area (Å²) in [6.07, 6.45) is 0. The highest BCUT2D eigenvalue weighted by molar-refractivity contribution is 9.10. The predicted octanol–water partition coefficient (Wildman–Crippen LogP) is 2.18. The van der Waals surface area contributed by atoms with E-state index in [1.807, 2.05) is 0 Å². The molecular weight excluding hydrogens is 314 g/mol. The number of carbonyl (C=O) groups excluding carboxylic acids is 1. The number of rotatable bonds is 5. The van der Waals surface area contributed by atoms with Crippen molar-refractivity contribution in [3.63, 3.8) is 0 Å². The van der Waals surface area contributed by atoms with Crippen LogP contribution >= 0.6 is 15.9 Å². The fraction of sp³-hybridized carbons (Fsp3) is 0.417. The van der Waals surface area contributed by atoms with Crippen LogP contribution in [0.3, 0.4) is 0 Å². The van der Waals surface area contributed by atoms with Crippen LogP contribution in [0.25, 0.3) is 0 Å². The number of nitro benzene ring substituents is 1. The first-order valence-corrected chi connectivity index (χ1v) is 6.52. The molecule has 1 amide bonds. The highest BCUT2D eigenvalue weighted by atomic mass is 79.9. The standard InChI is InChI=1S/C12H16BrN3O3/c1-8(12(17)14-2)7-15(3)11-6-9(13)4-5-10(11)16(18)19/h4-6,8H,7H2,1-3H3,(H,14,17)/t8-/m0/s1. The second-order valence-electron chi connectivity index (χ2n) is 4.29. The normalized spacial score (nSPS) is 11.8. The topological polar surface area (TPSA) is 75.5 Å². The van der Waals surface area contributed by atoms with E-state index in [1.54, 1.807) is 38.1 Å². The summed E-state index contributed by atoms with van der Waals surface area (Å²) in [4.78, 5) is 23.8. The molecule has 19 heavy (non-hydrogen) atoms. The zero-order valence-electron chi connectivity index (χ0n) is 11.0. The molecule has 1 aromatic rings. The number of halogens is 1. The number of hydrogen-bond donors (Lipinski definition) is 1. The Bertz CT molecular complexity index is 493. The molecule has 104 valence electrons. The van der Waals surface area contributed by atoms with E-state index in [0.29, 0.717) is 12.2 Å². The number of nitro groups is 1. The van der Waals surface area contributed by atoms with Crippen LogP contribution in [0.5, 0.6) is 0 Å². The molecule has 0 unspecified atom stereocenters. The summed E-state index contributed by atoms with van der Waals surface area (Å²) in [6.45, 7) is 2.18. The lowest BCUT2D eigenvalue weighted by Gasteiger charge is -2.22. The minimum Gasteiger partial charge on any atom is -0.368 e. The molecule has 0 saturated carbocycles. The van der Waals surface area contributed by atoms with Crippen molar-refractivity contribution in [1.29, 1.82) is 0 Å². The van der Waals surface area contributed by atoms with Gasteiger partial charge in [-0.15, -0.1) is 0 Å². The number of hydrogen-bond acceptors (Lipinski definition) is 4. The summed E-state index contributed by atoms with van der Waals surface area (Å²) in [6, 6.07) is 4.74. The fourth-order valence-corrected chi connectivity index (χ4v) is 2.14. The highest BCUT2D eigenvalue weighted by Crippen LogP contribution is 2.30. The van der Waals surface area contributed by atoms with E-state index in [9.17, 15) is 14.9 Å². The minimum atomic E-state index is -0.428. The molecule has 7 heteroatoms. The predicted molar refractivity (Wildman–Crippen MR) is 77.3 cm³/mol. The van der Waals surface area contributed by atoms with E-state index >= 15 is 0 Å². The van der Waals surface area contributed by atoms with Crippen LogP contribution in [0.4, 0.5) is 11.4 Å². The summed E-state index contributed by atoms with van der Waals surface area (Å²) in [5.74, 6) is -0.349. The zero-order valence-corrected chi connectivity index (χ0v) is 12.6. The second kappa shape index (κ2) is 6.51. The molecule has 0 aromatic heterocycles. The van der Waals surface area contributed by atoms with E-state index in [0.717, 1.165) is 4.47 Å². The molecule has 0 spiro atoms.